The van der Waals surface area contributed by atoms with Gasteiger partial charge in [0.1, 0.15) is 0 Å². The van der Waals surface area contributed by atoms with Crippen molar-refractivity contribution in [2.24, 2.45) is 11.8 Å². The van der Waals surface area contributed by atoms with Crippen LogP contribution in [0, 0.1) is 11.8 Å². The molecule has 2 aliphatic rings. The highest BCUT2D eigenvalue weighted by atomic mass is 32.2. The van der Waals surface area contributed by atoms with Gasteiger partial charge in [0.2, 0.25) is 17.7 Å². The first-order valence-electron chi connectivity index (χ1n) is 6.87. The first-order chi connectivity index (χ1) is 9.56. The van der Waals surface area contributed by atoms with E-state index in [1.807, 2.05) is 6.26 Å². The van der Waals surface area contributed by atoms with Crippen LogP contribution in [0.25, 0.3) is 0 Å². The van der Waals surface area contributed by atoms with Gasteiger partial charge < -0.3 is 4.72 Å². The van der Waals surface area contributed by atoms with Crippen molar-refractivity contribution >= 4 is 42.3 Å². The van der Waals surface area contributed by atoms with E-state index in [1.54, 1.807) is 0 Å². The molecule has 0 aromatic rings. The summed E-state index contributed by atoms with van der Waals surface area (Å²) in [6, 6.07) is 0. The number of nitrogens with one attached hydrogen (secondary N) is 1. The molecular weight excluding hydrogens is 296 g/mol. The number of carbonyl (C=O) groups is 3. The maximum Gasteiger partial charge on any atom is 0.242 e. The number of likely N-dealkylation sites (tertiary alicyclic amines) is 1. The van der Waals surface area contributed by atoms with Crippen molar-refractivity contribution in [3.05, 3.63) is 0 Å². The Morgan fingerprint density at radius 2 is 2.00 bits per heavy atom. The minimum atomic E-state index is -0.200. The topological polar surface area (TPSA) is 66.5 Å². The maximum absolute atomic E-state index is 12.0. The zero-order valence-corrected chi connectivity index (χ0v) is 13.2. The molecule has 0 bridgehead atoms. The summed E-state index contributed by atoms with van der Waals surface area (Å²) in [4.78, 5) is 36.8. The fraction of sp³-hybridized carbons (Fsp3) is 0.769. The van der Waals surface area contributed by atoms with Gasteiger partial charge in [-0.25, -0.2) is 0 Å². The van der Waals surface area contributed by atoms with Crippen LogP contribution in [0.1, 0.15) is 32.1 Å². The second-order valence-electron chi connectivity index (χ2n) is 5.46. The van der Waals surface area contributed by atoms with Crippen LogP contribution in [0.5, 0.6) is 0 Å². The van der Waals surface area contributed by atoms with Gasteiger partial charge in [-0.3, -0.25) is 19.3 Å². The quantitative estimate of drug-likeness (QED) is 0.605. The third kappa shape index (κ3) is 3.31. The van der Waals surface area contributed by atoms with Gasteiger partial charge in [-0.15, -0.1) is 0 Å². The number of carbonyl (C=O) groups excluding carboxylic acids is 3. The number of rotatable bonds is 4. The largest absolute Gasteiger partial charge is 0.303 e. The predicted octanol–water partition coefficient (Wildman–Crippen LogP) is 1.24. The smallest absolute Gasteiger partial charge is 0.242 e. The lowest BCUT2D eigenvalue weighted by molar-refractivity contribution is -0.139. The molecule has 0 radical (unpaired) electrons. The molecule has 1 saturated heterocycles. The summed E-state index contributed by atoms with van der Waals surface area (Å²) in [6.07, 6.45) is 5.57. The summed E-state index contributed by atoms with van der Waals surface area (Å²) >= 11 is 5.23. The van der Waals surface area contributed by atoms with E-state index in [0.717, 1.165) is 25.7 Å². The number of imide groups is 1. The van der Waals surface area contributed by atoms with E-state index in [4.69, 9.17) is 0 Å². The number of nitrogens with zero attached hydrogens (tertiary/aromatic N) is 1. The average Bonchev–Trinajstić information content (AvgIpc) is 2.74. The summed E-state index contributed by atoms with van der Waals surface area (Å²) in [5, 5.41) is -0.200. The highest BCUT2D eigenvalue weighted by Crippen LogP contribution is 2.32. The zero-order valence-electron chi connectivity index (χ0n) is 11.5. The van der Waals surface area contributed by atoms with Crippen LogP contribution in [-0.2, 0) is 14.4 Å². The van der Waals surface area contributed by atoms with Crippen LogP contribution in [0.4, 0.5) is 0 Å². The van der Waals surface area contributed by atoms with Gasteiger partial charge in [0.15, 0.2) is 0 Å². The van der Waals surface area contributed by atoms with Crippen molar-refractivity contribution in [1.82, 2.24) is 9.62 Å². The molecule has 1 heterocycles. The SMILES string of the molecule is CSC1CC(=O)N(CC2CCC(C(=O)NS)CC2)C1=O. The van der Waals surface area contributed by atoms with E-state index in [-0.39, 0.29) is 28.9 Å². The maximum atomic E-state index is 12.0. The molecule has 3 amide bonds. The second-order valence-corrected chi connectivity index (χ2v) is 6.73. The Kier molecular flexibility index (Phi) is 5.37. The fourth-order valence-electron chi connectivity index (χ4n) is 2.99. The molecule has 0 spiro atoms. The van der Waals surface area contributed by atoms with Gasteiger partial charge in [0.25, 0.3) is 0 Å². The first kappa shape index (κ1) is 15.7. The molecule has 20 heavy (non-hydrogen) atoms. The minimum Gasteiger partial charge on any atom is -0.303 e. The van der Waals surface area contributed by atoms with Crippen molar-refractivity contribution in [2.45, 2.75) is 37.4 Å². The fourth-order valence-corrected chi connectivity index (χ4v) is 3.81. The van der Waals surface area contributed by atoms with Crippen molar-refractivity contribution < 1.29 is 14.4 Å². The van der Waals surface area contributed by atoms with E-state index >= 15 is 0 Å². The average molecular weight is 316 g/mol. The van der Waals surface area contributed by atoms with Gasteiger partial charge >= 0.3 is 0 Å². The second kappa shape index (κ2) is 6.85. The van der Waals surface area contributed by atoms with Crippen molar-refractivity contribution in [2.75, 3.05) is 12.8 Å². The van der Waals surface area contributed by atoms with Gasteiger partial charge in [-0.05, 0) is 37.9 Å². The van der Waals surface area contributed by atoms with E-state index in [2.05, 4.69) is 17.5 Å². The lowest BCUT2D eigenvalue weighted by atomic mass is 9.81. The molecular formula is C13H20N2O3S2. The number of thioether (sulfide) groups is 1. The monoisotopic (exact) mass is 316 g/mol. The third-order valence-corrected chi connectivity index (χ3v) is 5.41. The normalized spacial score (nSPS) is 30.7. The molecule has 2 rings (SSSR count). The van der Waals surface area contributed by atoms with Gasteiger partial charge in [-0.1, -0.05) is 12.8 Å². The summed E-state index contributed by atoms with van der Waals surface area (Å²) in [6.45, 7) is 0.518. The summed E-state index contributed by atoms with van der Waals surface area (Å²) in [5.41, 5.74) is 0. The number of amides is 3. The van der Waals surface area contributed by atoms with E-state index in [1.165, 1.54) is 16.7 Å². The summed E-state index contributed by atoms with van der Waals surface area (Å²) < 4.78 is 2.38. The van der Waals surface area contributed by atoms with Crippen molar-refractivity contribution in [3.8, 4) is 0 Å². The van der Waals surface area contributed by atoms with Gasteiger partial charge in [-0.2, -0.15) is 11.8 Å². The van der Waals surface area contributed by atoms with E-state index in [9.17, 15) is 14.4 Å². The Hall–Kier alpha value is -0.690. The predicted molar refractivity (Wildman–Crippen MR) is 81.2 cm³/mol. The molecule has 0 aromatic carbocycles. The third-order valence-electron chi connectivity index (χ3n) is 4.26. The van der Waals surface area contributed by atoms with Crippen LogP contribution in [0.15, 0.2) is 0 Å². The lowest BCUT2D eigenvalue weighted by Crippen LogP contribution is -2.38. The Labute approximate surface area is 128 Å². The summed E-state index contributed by atoms with van der Waals surface area (Å²) in [7, 11) is 0. The van der Waals surface area contributed by atoms with Crippen molar-refractivity contribution in [1.29, 1.82) is 0 Å². The molecule has 5 nitrogen and oxygen atoms in total. The molecule has 0 aromatic heterocycles. The molecule has 2 fully saturated rings. The molecule has 1 N–H and O–H groups in total. The highest BCUT2D eigenvalue weighted by Gasteiger charge is 2.39. The van der Waals surface area contributed by atoms with Crippen LogP contribution in [-0.4, -0.2) is 40.7 Å². The molecule has 1 unspecified atom stereocenters. The summed E-state index contributed by atoms with van der Waals surface area (Å²) in [5.74, 6) is 0.227. The standard InChI is InChI=1S/C13H20N2O3S2/c1-20-10-6-11(16)15(13(10)18)7-8-2-4-9(5-3-8)12(17)14-19/h8-10,19H,2-7H2,1H3,(H,14,17). The highest BCUT2D eigenvalue weighted by molar-refractivity contribution is 8.00. The zero-order chi connectivity index (χ0) is 14.7. The molecule has 1 atom stereocenters. The van der Waals surface area contributed by atoms with Crippen LogP contribution in [0.3, 0.4) is 0 Å². The number of hydrogen-bond acceptors (Lipinski definition) is 5. The van der Waals surface area contributed by atoms with Crippen LogP contribution >= 0.6 is 24.6 Å². The number of hydrogen-bond donors (Lipinski definition) is 2. The Morgan fingerprint density at radius 1 is 1.35 bits per heavy atom. The molecule has 1 aliphatic carbocycles. The molecule has 112 valence electrons. The Balaban J connectivity index is 1.85. The number of thiol groups is 1. The van der Waals surface area contributed by atoms with Crippen LogP contribution in [0.2, 0.25) is 0 Å². The Bertz CT molecular complexity index is 408. The lowest BCUT2D eigenvalue weighted by Gasteiger charge is -2.29. The molecule has 7 heteroatoms. The molecule has 1 aliphatic heterocycles. The molecule has 1 saturated carbocycles. The van der Waals surface area contributed by atoms with Gasteiger partial charge in [0.05, 0.1) is 5.25 Å². The minimum absolute atomic E-state index is 0.0210. The van der Waals surface area contributed by atoms with Crippen LogP contribution < -0.4 is 4.72 Å². The first-order valence-corrected chi connectivity index (χ1v) is 8.61. The van der Waals surface area contributed by atoms with E-state index in [0.29, 0.717) is 18.9 Å². The van der Waals surface area contributed by atoms with Gasteiger partial charge in [0, 0.05) is 18.9 Å². The Morgan fingerprint density at radius 3 is 2.50 bits per heavy atom. The van der Waals surface area contributed by atoms with E-state index < -0.39 is 0 Å². The van der Waals surface area contributed by atoms with Crippen molar-refractivity contribution in [3.63, 3.8) is 0 Å².